The average Bonchev–Trinajstić information content (AvgIpc) is 2.84. The summed E-state index contributed by atoms with van der Waals surface area (Å²) in [7, 11) is 1.69. The van der Waals surface area contributed by atoms with Crippen LogP contribution in [0.25, 0.3) is 10.3 Å². The Morgan fingerprint density at radius 3 is 2.95 bits per heavy atom. The van der Waals surface area contributed by atoms with Gasteiger partial charge in [-0.15, -0.1) is 11.3 Å². The number of carbonyl (C=O) groups is 1. The molecule has 6 nitrogen and oxygen atoms in total. The molecule has 0 aliphatic carbocycles. The Kier molecular flexibility index (Phi) is 3.54. The highest BCUT2D eigenvalue weighted by molar-refractivity contribution is 7.21. The van der Waals surface area contributed by atoms with Crippen LogP contribution in [0.3, 0.4) is 0 Å². The molecule has 0 aromatic carbocycles. The van der Waals surface area contributed by atoms with Crippen LogP contribution < -0.4 is 5.73 Å². The van der Waals surface area contributed by atoms with Gasteiger partial charge < -0.3 is 15.4 Å². The zero-order valence-corrected chi connectivity index (χ0v) is 12.9. The van der Waals surface area contributed by atoms with Crippen LogP contribution in [-0.2, 0) is 4.74 Å². The van der Waals surface area contributed by atoms with Gasteiger partial charge in [0.2, 0.25) is 0 Å². The highest BCUT2D eigenvalue weighted by Crippen LogP contribution is 2.33. The maximum atomic E-state index is 12.7. The van der Waals surface area contributed by atoms with Gasteiger partial charge in [0.15, 0.2) is 0 Å². The second kappa shape index (κ2) is 5.23. The molecule has 1 amide bonds. The van der Waals surface area contributed by atoms with Crippen LogP contribution in [0.1, 0.15) is 29.4 Å². The normalized spacial score (nSPS) is 22.7. The number of methoxy groups -OCH3 is 1. The number of hydrogen-bond acceptors (Lipinski definition) is 6. The number of amides is 1. The summed E-state index contributed by atoms with van der Waals surface area (Å²) in [5, 5.41) is 0. The van der Waals surface area contributed by atoms with Crippen molar-refractivity contribution < 1.29 is 9.53 Å². The van der Waals surface area contributed by atoms with Crippen LogP contribution in [0, 0.1) is 0 Å². The number of ether oxygens (including phenoxy) is 1. The van der Waals surface area contributed by atoms with Crippen molar-refractivity contribution in [1.29, 1.82) is 0 Å². The fourth-order valence-corrected chi connectivity index (χ4v) is 3.68. The SMILES string of the molecule is COC1(C)CCCN(C(=O)c2sc3nccnc3c2N)C1. The van der Waals surface area contributed by atoms with Crippen LogP contribution in [0.4, 0.5) is 5.69 Å². The largest absolute Gasteiger partial charge is 0.396 e. The molecule has 3 rings (SSSR count). The predicted molar refractivity (Wildman–Crippen MR) is 82.4 cm³/mol. The highest BCUT2D eigenvalue weighted by atomic mass is 32.1. The molecule has 3 heterocycles. The number of nitrogens with zero attached hydrogens (tertiary/aromatic N) is 3. The van der Waals surface area contributed by atoms with Crippen LogP contribution in [0.15, 0.2) is 12.4 Å². The summed E-state index contributed by atoms with van der Waals surface area (Å²) in [5.74, 6) is -0.0553. The fourth-order valence-electron chi connectivity index (χ4n) is 2.69. The van der Waals surface area contributed by atoms with E-state index in [-0.39, 0.29) is 11.5 Å². The molecular weight excluding hydrogens is 288 g/mol. The molecule has 2 aromatic heterocycles. The van der Waals surface area contributed by atoms with Gasteiger partial charge >= 0.3 is 0 Å². The van der Waals surface area contributed by atoms with E-state index in [2.05, 4.69) is 9.97 Å². The average molecular weight is 306 g/mol. The van der Waals surface area contributed by atoms with Crippen LogP contribution in [-0.4, -0.2) is 46.6 Å². The van der Waals surface area contributed by atoms with Crippen molar-refractivity contribution in [2.75, 3.05) is 25.9 Å². The summed E-state index contributed by atoms with van der Waals surface area (Å²) in [4.78, 5) is 24.2. The van der Waals surface area contributed by atoms with Crippen LogP contribution in [0.2, 0.25) is 0 Å². The molecule has 2 N–H and O–H groups in total. The molecule has 7 heteroatoms. The first-order valence-corrected chi connectivity index (χ1v) is 7.69. The number of nitrogens with two attached hydrogens (primary N) is 1. The van der Waals surface area contributed by atoms with E-state index in [1.54, 1.807) is 19.5 Å². The number of hydrogen-bond donors (Lipinski definition) is 1. The summed E-state index contributed by atoms with van der Waals surface area (Å²) in [6.45, 7) is 3.34. The van der Waals surface area contributed by atoms with Gasteiger partial charge in [-0.1, -0.05) is 0 Å². The van der Waals surface area contributed by atoms with Crippen LogP contribution in [0.5, 0.6) is 0 Å². The van der Waals surface area contributed by atoms with Crippen molar-refractivity contribution in [3.63, 3.8) is 0 Å². The summed E-state index contributed by atoms with van der Waals surface area (Å²) >= 11 is 1.30. The molecule has 1 aliphatic heterocycles. The Morgan fingerprint density at radius 2 is 2.24 bits per heavy atom. The maximum absolute atomic E-state index is 12.7. The number of nitrogen functional groups attached to an aromatic ring is 1. The van der Waals surface area contributed by atoms with Crippen molar-refractivity contribution in [2.24, 2.45) is 0 Å². The number of fused-ring (bicyclic) bond motifs is 1. The van der Waals surface area contributed by atoms with Gasteiger partial charge in [0.1, 0.15) is 15.2 Å². The zero-order valence-electron chi connectivity index (χ0n) is 12.1. The molecule has 1 fully saturated rings. The standard InChI is InChI=1S/C14H18N4O2S/c1-14(20-2)4-3-7-18(8-14)13(19)11-9(15)10-12(21-11)17-6-5-16-10/h5-6H,3-4,7-8,15H2,1-2H3. The first kappa shape index (κ1) is 14.2. The van der Waals surface area contributed by atoms with Gasteiger partial charge in [-0.05, 0) is 19.8 Å². The third-order valence-electron chi connectivity index (χ3n) is 4.00. The highest BCUT2D eigenvalue weighted by Gasteiger charge is 2.34. The summed E-state index contributed by atoms with van der Waals surface area (Å²) < 4.78 is 5.54. The van der Waals surface area contributed by atoms with E-state index in [0.29, 0.717) is 27.5 Å². The Bertz CT molecular complexity index is 687. The van der Waals surface area contributed by atoms with Gasteiger partial charge in [0.25, 0.3) is 5.91 Å². The smallest absolute Gasteiger partial charge is 0.266 e. The Labute approximate surface area is 126 Å². The van der Waals surface area contributed by atoms with Gasteiger partial charge in [0.05, 0.1) is 11.3 Å². The quantitative estimate of drug-likeness (QED) is 0.916. The molecule has 1 unspecified atom stereocenters. The minimum absolute atomic E-state index is 0.0553. The molecule has 1 atom stereocenters. The van der Waals surface area contributed by atoms with E-state index >= 15 is 0 Å². The first-order valence-electron chi connectivity index (χ1n) is 6.87. The van der Waals surface area contributed by atoms with Gasteiger partial charge in [-0.3, -0.25) is 4.79 Å². The van der Waals surface area contributed by atoms with E-state index in [1.807, 2.05) is 11.8 Å². The number of aromatic nitrogens is 2. The molecule has 2 aromatic rings. The van der Waals surface area contributed by atoms with Gasteiger partial charge in [-0.25, -0.2) is 9.97 Å². The van der Waals surface area contributed by atoms with Gasteiger partial charge in [-0.2, -0.15) is 0 Å². The van der Waals surface area contributed by atoms with Gasteiger partial charge in [0, 0.05) is 32.6 Å². The number of carbonyl (C=O) groups excluding carboxylic acids is 1. The number of rotatable bonds is 2. The second-order valence-electron chi connectivity index (χ2n) is 5.54. The number of likely N-dealkylation sites (tertiary alicyclic amines) is 1. The second-order valence-corrected chi connectivity index (χ2v) is 6.54. The van der Waals surface area contributed by atoms with E-state index in [0.717, 1.165) is 19.4 Å². The van der Waals surface area contributed by atoms with Crippen molar-refractivity contribution in [1.82, 2.24) is 14.9 Å². The fraction of sp³-hybridized carbons (Fsp3) is 0.500. The van der Waals surface area contributed by atoms with Crippen molar-refractivity contribution in [2.45, 2.75) is 25.4 Å². The molecule has 112 valence electrons. The summed E-state index contributed by atoms with van der Waals surface area (Å²) in [6, 6.07) is 0. The Morgan fingerprint density at radius 1 is 1.48 bits per heavy atom. The predicted octanol–water partition coefficient (Wildman–Crippen LogP) is 1.91. The lowest BCUT2D eigenvalue weighted by atomic mass is 9.94. The topological polar surface area (TPSA) is 81.3 Å². The summed E-state index contributed by atoms with van der Waals surface area (Å²) in [6.07, 6.45) is 5.08. The minimum atomic E-state index is -0.282. The van der Waals surface area contributed by atoms with Crippen LogP contribution >= 0.6 is 11.3 Å². The molecule has 1 saturated heterocycles. The lowest BCUT2D eigenvalue weighted by Gasteiger charge is -2.39. The molecule has 0 bridgehead atoms. The van der Waals surface area contributed by atoms with E-state index in [4.69, 9.17) is 10.5 Å². The maximum Gasteiger partial charge on any atom is 0.266 e. The number of anilines is 1. The van der Waals surface area contributed by atoms with Crippen molar-refractivity contribution >= 4 is 33.3 Å². The first-order chi connectivity index (χ1) is 10.0. The number of thiophene rings is 1. The minimum Gasteiger partial charge on any atom is -0.396 e. The lowest BCUT2D eigenvalue weighted by molar-refractivity contribution is -0.0438. The number of piperidine rings is 1. The molecule has 21 heavy (non-hydrogen) atoms. The molecule has 0 spiro atoms. The van der Waals surface area contributed by atoms with E-state index in [1.165, 1.54) is 11.3 Å². The summed E-state index contributed by atoms with van der Waals surface area (Å²) in [5.41, 5.74) is 6.83. The monoisotopic (exact) mass is 306 g/mol. The third-order valence-corrected chi connectivity index (χ3v) is 5.09. The molecule has 0 saturated carbocycles. The Hall–Kier alpha value is -1.73. The molecule has 1 aliphatic rings. The Balaban J connectivity index is 1.92. The lowest BCUT2D eigenvalue weighted by Crippen LogP contribution is -2.49. The molecule has 0 radical (unpaired) electrons. The van der Waals surface area contributed by atoms with E-state index in [9.17, 15) is 4.79 Å². The zero-order chi connectivity index (χ0) is 15.0. The van der Waals surface area contributed by atoms with Crippen molar-refractivity contribution in [3.8, 4) is 0 Å². The van der Waals surface area contributed by atoms with Crippen molar-refractivity contribution in [3.05, 3.63) is 17.3 Å². The third kappa shape index (κ3) is 2.47. The van der Waals surface area contributed by atoms with E-state index < -0.39 is 0 Å². The molecular formula is C14H18N4O2S.